The van der Waals surface area contributed by atoms with E-state index in [0.717, 1.165) is 24.5 Å². The van der Waals surface area contributed by atoms with Crippen LogP contribution in [-0.2, 0) is 6.54 Å². The molecule has 1 aromatic rings. The Morgan fingerprint density at radius 1 is 1.17 bits per heavy atom. The Labute approximate surface area is 117 Å². The smallest absolute Gasteiger partial charge is 0.0547 e. The van der Waals surface area contributed by atoms with E-state index >= 15 is 0 Å². The summed E-state index contributed by atoms with van der Waals surface area (Å²) < 4.78 is 0. The zero-order valence-electron chi connectivity index (χ0n) is 11.7. The third-order valence-electron chi connectivity index (χ3n) is 3.16. The second kappa shape index (κ2) is 9.40. The highest BCUT2D eigenvalue weighted by Gasteiger charge is 2.04. The Kier molecular flexibility index (Phi) is 8.10. The molecule has 18 heavy (non-hydrogen) atoms. The van der Waals surface area contributed by atoms with Crippen LogP contribution in [0.3, 0.4) is 0 Å². The largest absolute Gasteiger partial charge is 0.298 e. The number of hydrogen-bond acceptors (Lipinski definition) is 3. The van der Waals surface area contributed by atoms with Gasteiger partial charge in [0.1, 0.15) is 0 Å². The predicted octanol–water partition coefficient (Wildman–Crippen LogP) is 3.70. The first-order valence-electron chi connectivity index (χ1n) is 7.02. The normalized spacial score (nSPS) is 11.1. The highest BCUT2D eigenvalue weighted by atomic mass is 32.1. The maximum atomic E-state index is 4.57. The molecule has 0 bridgehead atoms. The van der Waals surface area contributed by atoms with E-state index in [1.807, 2.05) is 0 Å². The van der Waals surface area contributed by atoms with Gasteiger partial charge in [-0.3, -0.25) is 9.88 Å². The van der Waals surface area contributed by atoms with Gasteiger partial charge in [0.2, 0.25) is 0 Å². The lowest BCUT2D eigenvalue weighted by atomic mass is 10.2. The highest BCUT2D eigenvalue weighted by Crippen LogP contribution is 2.07. The molecule has 0 saturated heterocycles. The van der Waals surface area contributed by atoms with Crippen molar-refractivity contribution < 1.29 is 0 Å². The quantitative estimate of drug-likeness (QED) is 0.542. The molecular formula is C15H26N2S. The molecule has 0 amide bonds. The molecule has 0 saturated carbocycles. The fraction of sp³-hybridized carbons (Fsp3) is 0.667. The molecule has 2 nitrogen and oxygen atoms in total. The van der Waals surface area contributed by atoms with Crippen LogP contribution in [0.4, 0.5) is 0 Å². The number of thiol groups is 1. The van der Waals surface area contributed by atoms with Crippen molar-refractivity contribution >= 4 is 12.6 Å². The molecule has 0 aliphatic rings. The summed E-state index contributed by atoms with van der Waals surface area (Å²) in [4.78, 5) is 7.04. The van der Waals surface area contributed by atoms with Crippen LogP contribution in [0.2, 0.25) is 0 Å². The Hall–Kier alpha value is -0.540. The SMILES string of the molecule is CCN(CCCCCCS)Cc1cccc(C)n1. The zero-order chi connectivity index (χ0) is 13.2. The summed E-state index contributed by atoms with van der Waals surface area (Å²) in [6.45, 7) is 7.53. The van der Waals surface area contributed by atoms with Crippen molar-refractivity contribution in [2.24, 2.45) is 0 Å². The summed E-state index contributed by atoms with van der Waals surface area (Å²) in [6.07, 6.45) is 5.16. The van der Waals surface area contributed by atoms with E-state index in [0.29, 0.717) is 0 Å². The predicted molar refractivity (Wildman–Crippen MR) is 82.2 cm³/mol. The number of rotatable bonds is 9. The van der Waals surface area contributed by atoms with Crippen LogP contribution in [0.15, 0.2) is 18.2 Å². The summed E-state index contributed by atoms with van der Waals surface area (Å²) in [5, 5.41) is 0. The minimum absolute atomic E-state index is 0.977. The molecule has 0 N–H and O–H groups in total. The number of aromatic nitrogens is 1. The lowest BCUT2D eigenvalue weighted by Gasteiger charge is -2.20. The van der Waals surface area contributed by atoms with Crippen molar-refractivity contribution in [2.75, 3.05) is 18.8 Å². The van der Waals surface area contributed by atoms with Crippen molar-refractivity contribution in [3.8, 4) is 0 Å². The highest BCUT2D eigenvalue weighted by molar-refractivity contribution is 7.80. The minimum atomic E-state index is 0.977. The van der Waals surface area contributed by atoms with Crippen molar-refractivity contribution in [3.63, 3.8) is 0 Å². The number of aryl methyl sites for hydroxylation is 1. The van der Waals surface area contributed by atoms with Gasteiger partial charge in [-0.25, -0.2) is 0 Å². The van der Waals surface area contributed by atoms with E-state index in [9.17, 15) is 0 Å². The van der Waals surface area contributed by atoms with E-state index < -0.39 is 0 Å². The van der Waals surface area contributed by atoms with Gasteiger partial charge >= 0.3 is 0 Å². The first-order chi connectivity index (χ1) is 8.76. The fourth-order valence-electron chi connectivity index (χ4n) is 2.07. The minimum Gasteiger partial charge on any atom is -0.298 e. The van der Waals surface area contributed by atoms with E-state index in [2.05, 4.69) is 54.6 Å². The van der Waals surface area contributed by atoms with Crippen molar-refractivity contribution in [1.82, 2.24) is 9.88 Å². The monoisotopic (exact) mass is 266 g/mol. The first-order valence-corrected chi connectivity index (χ1v) is 7.65. The average molecular weight is 266 g/mol. The molecular weight excluding hydrogens is 240 g/mol. The van der Waals surface area contributed by atoms with E-state index in [1.165, 1.54) is 37.9 Å². The lowest BCUT2D eigenvalue weighted by Crippen LogP contribution is -2.24. The lowest BCUT2D eigenvalue weighted by molar-refractivity contribution is 0.269. The van der Waals surface area contributed by atoms with Crippen LogP contribution in [-0.4, -0.2) is 28.7 Å². The topological polar surface area (TPSA) is 16.1 Å². The molecule has 1 heterocycles. The molecule has 0 unspecified atom stereocenters. The van der Waals surface area contributed by atoms with Gasteiger partial charge in [-0.2, -0.15) is 12.6 Å². The molecule has 1 rings (SSSR count). The molecule has 1 aromatic heterocycles. The Bertz CT molecular complexity index is 328. The molecule has 102 valence electrons. The third-order valence-corrected chi connectivity index (χ3v) is 3.48. The standard InChI is InChI=1S/C15H26N2S/c1-3-17(11-6-4-5-7-12-18)13-15-10-8-9-14(2)16-15/h8-10,18H,3-7,11-13H2,1-2H3. The van der Waals surface area contributed by atoms with Gasteiger partial charge in [0.05, 0.1) is 5.69 Å². The van der Waals surface area contributed by atoms with E-state index in [-0.39, 0.29) is 0 Å². The van der Waals surface area contributed by atoms with Crippen molar-refractivity contribution in [2.45, 2.75) is 46.1 Å². The third kappa shape index (κ3) is 6.41. The average Bonchev–Trinajstić information content (AvgIpc) is 2.37. The molecule has 0 aliphatic carbocycles. The van der Waals surface area contributed by atoms with Gasteiger partial charge in [0, 0.05) is 12.2 Å². The number of hydrogen-bond donors (Lipinski definition) is 1. The Morgan fingerprint density at radius 3 is 2.61 bits per heavy atom. The van der Waals surface area contributed by atoms with Gasteiger partial charge in [-0.1, -0.05) is 25.8 Å². The first kappa shape index (κ1) is 15.5. The van der Waals surface area contributed by atoms with Crippen LogP contribution in [0.5, 0.6) is 0 Å². The molecule has 0 atom stereocenters. The summed E-state index contributed by atoms with van der Waals surface area (Å²) in [5.74, 6) is 1.02. The molecule has 3 heteroatoms. The molecule has 0 aliphatic heterocycles. The summed E-state index contributed by atoms with van der Waals surface area (Å²) in [6, 6.07) is 6.27. The summed E-state index contributed by atoms with van der Waals surface area (Å²) >= 11 is 4.24. The molecule has 0 spiro atoms. The zero-order valence-corrected chi connectivity index (χ0v) is 12.6. The molecule has 0 fully saturated rings. The van der Waals surface area contributed by atoms with Gasteiger partial charge in [-0.05, 0) is 50.7 Å². The summed E-state index contributed by atoms with van der Waals surface area (Å²) in [5.41, 5.74) is 2.30. The number of unbranched alkanes of at least 4 members (excludes halogenated alkanes) is 3. The van der Waals surface area contributed by atoms with Crippen LogP contribution < -0.4 is 0 Å². The fourth-order valence-corrected chi connectivity index (χ4v) is 2.29. The van der Waals surface area contributed by atoms with Crippen LogP contribution in [0.25, 0.3) is 0 Å². The van der Waals surface area contributed by atoms with Crippen LogP contribution in [0, 0.1) is 6.92 Å². The number of pyridine rings is 1. The second-order valence-electron chi connectivity index (χ2n) is 4.78. The molecule has 0 aromatic carbocycles. The second-order valence-corrected chi connectivity index (χ2v) is 5.22. The maximum Gasteiger partial charge on any atom is 0.0547 e. The van der Waals surface area contributed by atoms with Gasteiger partial charge in [0.15, 0.2) is 0 Å². The Morgan fingerprint density at radius 2 is 1.94 bits per heavy atom. The van der Waals surface area contributed by atoms with E-state index in [1.54, 1.807) is 0 Å². The van der Waals surface area contributed by atoms with Crippen molar-refractivity contribution in [1.29, 1.82) is 0 Å². The van der Waals surface area contributed by atoms with Gasteiger partial charge in [-0.15, -0.1) is 0 Å². The number of nitrogens with zero attached hydrogens (tertiary/aromatic N) is 2. The van der Waals surface area contributed by atoms with Gasteiger partial charge in [0.25, 0.3) is 0 Å². The van der Waals surface area contributed by atoms with Gasteiger partial charge < -0.3 is 0 Å². The van der Waals surface area contributed by atoms with Crippen LogP contribution >= 0.6 is 12.6 Å². The Balaban J connectivity index is 2.28. The summed E-state index contributed by atoms with van der Waals surface area (Å²) in [7, 11) is 0. The van der Waals surface area contributed by atoms with Crippen LogP contribution in [0.1, 0.15) is 44.0 Å². The molecule has 0 radical (unpaired) electrons. The van der Waals surface area contributed by atoms with E-state index in [4.69, 9.17) is 0 Å². The maximum absolute atomic E-state index is 4.57. The van der Waals surface area contributed by atoms with Crippen molar-refractivity contribution in [3.05, 3.63) is 29.6 Å².